The monoisotopic (exact) mass is 350 g/mol. The Bertz CT molecular complexity index is 710. The number of allylic oxidation sites excluding steroid dienone is 2. The molecular weight excluding hydrogens is 316 g/mol. The number of pyridine rings is 1. The Morgan fingerprint density at radius 1 is 1.12 bits per heavy atom. The summed E-state index contributed by atoms with van der Waals surface area (Å²) in [5.74, 6) is 2.71. The van der Waals surface area contributed by atoms with E-state index >= 15 is 0 Å². The quantitative estimate of drug-likeness (QED) is 0.673. The van der Waals surface area contributed by atoms with Crippen molar-refractivity contribution in [2.45, 2.75) is 64.8 Å². The van der Waals surface area contributed by atoms with Crippen molar-refractivity contribution in [1.82, 2.24) is 9.88 Å². The molecule has 0 bridgehead atoms. The zero-order valence-corrected chi connectivity index (χ0v) is 16.7. The second kappa shape index (κ2) is 5.92. The van der Waals surface area contributed by atoms with Crippen LogP contribution in [-0.2, 0) is 0 Å². The third-order valence-electron chi connectivity index (χ3n) is 9.13. The summed E-state index contributed by atoms with van der Waals surface area (Å²) in [5.41, 5.74) is 3.89. The molecule has 0 N–H and O–H groups in total. The number of fused-ring (bicyclic) bond motifs is 5. The largest absolute Gasteiger partial charge is 0.303 e. The Hall–Kier alpha value is -1.15. The van der Waals surface area contributed by atoms with Gasteiger partial charge in [-0.25, -0.2) is 0 Å². The van der Waals surface area contributed by atoms with Gasteiger partial charge in [0, 0.05) is 18.4 Å². The molecule has 1 aromatic heterocycles. The van der Waals surface area contributed by atoms with Crippen molar-refractivity contribution in [1.29, 1.82) is 0 Å². The molecule has 2 heterocycles. The maximum absolute atomic E-state index is 4.41. The molecule has 5 rings (SSSR count). The van der Waals surface area contributed by atoms with Crippen molar-refractivity contribution in [3.8, 4) is 0 Å². The Labute approximate surface area is 159 Å². The highest BCUT2D eigenvalue weighted by atomic mass is 15.2. The van der Waals surface area contributed by atoms with Gasteiger partial charge in [-0.05, 0) is 104 Å². The molecule has 1 aliphatic heterocycles. The van der Waals surface area contributed by atoms with Crippen molar-refractivity contribution < 1.29 is 0 Å². The van der Waals surface area contributed by atoms with Gasteiger partial charge in [-0.15, -0.1) is 0 Å². The molecule has 3 aliphatic carbocycles. The van der Waals surface area contributed by atoms with Gasteiger partial charge < -0.3 is 4.90 Å². The fourth-order valence-electron chi connectivity index (χ4n) is 7.91. The number of piperidine rings is 1. The van der Waals surface area contributed by atoms with Crippen LogP contribution in [0.3, 0.4) is 0 Å². The number of rotatable bonds is 1. The van der Waals surface area contributed by atoms with Crippen LogP contribution in [0.5, 0.6) is 0 Å². The normalized spacial score (nSPS) is 45.4. The molecule has 0 radical (unpaired) electrons. The van der Waals surface area contributed by atoms with Crippen LogP contribution in [0.4, 0.5) is 0 Å². The summed E-state index contributed by atoms with van der Waals surface area (Å²) in [4.78, 5) is 7.10. The SMILES string of the molecule is CN1CCC[C@@]2(C)C1CC[C@@H]1[C@@H]2CC[C@]2(C)C(c3cccnc3)=CC[C@@H]12. The summed E-state index contributed by atoms with van der Waals surface area (Å²) in [6.07, 6.45) is 16.4. The van der Waals surface area contributed by atoms with Gasteiger partial charge in [0.1, 0.15) is 0 Å². The number of likely N-dealkylation sites (tertiary alicyclic amines) is 1. The van der Waals surface area contributed by atoms with Crippen molar-refractivity contribution >= 4 is 5.57 Å². The maximum Gasteiger partial charge on any atom is 0.0343 e. The van der Waals surface area contributed by atoms with Gasteiger partial charge >= 0.3 is 0 Å². The van der Waals surface area contributed by atoms with Gasteiger partial charge in [-0.2, -0.15) is 0 Å². The first kappa shape index (κ1) is 17.0. The van der Waals surface area contributed by atoms with Crippen molar-refractivity contribution in [3.63, 3.8) is 0 Å². The summed E-state index contributed by atoms with van der Waals surface area (Å²) >= 11 is 0. The van der Waals surface area contributed by atoms with Crippen LogP contribution in [0.1, 0.15) is 64.4 Å². The predicted octanol–water partition coefficient (Wildman–Crippen LogP) is 5.41. The van der Waals surface area contributed by atoms with Crippen LogP contribution in [0.15, 0.2) is 30.6 Å². The molecule has 0 spiro atoms. The molecule has 26 heavy (non-hydrogen) atoms. The number of aromatic nitrogens is 1. The van der Waals surface area contributed by atoms with Gasteiger partial charge in [-0.1, -0.05) is 26.0 Å². The summed E-state index contributed by atoms with van der Waals surface area (Å²) in [5, 5.41) is 0. The molecule has 1 saturated heterocycles. The van der Waals surface area contributed by atoms with Gasteiger partial charge in [0.25, 0.3) is 0 Å². The van der Waals surface area contributed by atoms with E-state index in [2.05, 4.69) is 55.2 Å². The fraction of sp³-hybridized carbons (Fsp3) is 0.708. The van der Waals surface area contributed by atoms with E-state index in [1.165, 1.54) is 57.1 Å². The minimum Gasteiger partial charge on any atom is -0.303 e. The highest BCUT2D eigenvalue weighted by Gasteiger charge is 2.58. The van der Waals surface area contributed by atoms with Crippen LogP contribution in [-0.4, -0.2) is 29.5 Å². The molecule has 140 valence electrons. The van der Waals surface area contributed by atoms with Crippen molar-refractivity contribution in [2.24, 2.45) is 28.6 Å². The van der Waals surface area contributed by atoms with Gasteiger partial charge in [0.05, 0.1) is 0 Å². The summed E-state index contributed by atoms with van der Waals surface area (Å²) in [6.45, 7) is 6.53. The lowest BCUT2D eigenvalue weighted by Gasteiger charge is -2.62. The predicted molar refractivity (Wildman–Crippen MR) is 108 cm³/mol. The molecule has 1 unspecified atom stereocenters. The van der Waals surface area contributed by atoms with Crippen LogP contribution >= 0.6 is 0 Å². The van der Waals surface area contributed by atoms with E-state index in [1.54, 1.807) is 5.57 Å². The summed E-state index contributed by atoms with van der Waals surface area (Å²) < 4.78 is 0. The second-order valence-corrected chi connectivity index (χ2v) is 10.1. The Balaban J connectivity index is 1.46. The van der Waals surface area contributed by atoms with E-state index < -0.39 is 0 Å². The highest BCUT2D eigenvalue weighted by molar-refractivity contribution is 5.72. The molecule has 0 aromatic carbocycles. The van der Waals surface area contributed by atoms with Gasteiger partial charge in [0.2, 0.25) is 0 Å². The first-order chi connectivity index (χ1) is 12.5. The lowest BCUT2D eigenvalue weighted by atomic mass is 9.46. The van der Waals surface area contributed by atoms with E-state index in [0.29, 0.717) is 10.8 Å². The zero-order chi connectivity index (χ0) is 17.9. The molecule has 3 fully saturated rings. The molecular formula is C24H34N2. The smallest absolute Gasteiger partial charge is 0.0343 e. The van der Waals surface area contributed by atoms with E-state index in [0.717, 1.165) is 23.8 Å². The van der Waals surface area contributed by atoms with E-state index in [4.69, 9.17) is 0 Å². The summed E-state index contributed by atoms with van der Waals surface area (Å²) in [6, 6.07) is 5.20. The van der Waals surface area contributed by atoms with E-state index in [9.17, 15) is 0 Å². The molecule has 6 atom stereocenters. The minimum atomic E-state index is 0.369. The van der Waals surface area contributed by atoms with Gasteiger partial charge in [-0.3, -0.25) is 4.98 Å². The second-order valence-electron chi connectivity index (χ2n) is 10.1. The molecule has 2 nitrogen and oxygen atoms in total. The fourth-order valence-corrected chi connectivity index (χ4v) is 7.91. The molecule has 4 aliphatic rings. The Morgan fingerprint density at radius 2 is 2.00 bits per heavy atom. The first-order valence-electron chi connectivity index (χ1n) is 10.9. The third-order valence-corrected chi connectivity index (χ3v) is 9.13. The number of nitrogens with zero attached hydrogens (tertiary/aromatic N) is 2. The average molecular weight is 351 g/mol. The standard InChI is InChI=1S/C24H34N2/c1-23-13-11-21-18(7-10-22-24(21,2)12-5-15-26(22)3)20(23)9-8-19(23)17-6-4-14-25-16-17/h4,6,8,14,16,18,20-22H,5,7,9-13,15H2,1-3H3/t18-,20-,21-,22?,23+,24+/m0/s1. The Morgan fingerprint density at radius 3 is 2.81 bits per heavy atom. The topological polar surface area (TPSA) is 16.1 Å². The summed E-state index contributed by atoms with van der Waals surface area (Å²) in [7, 11) is 2.38. The van der Waals surface area contributed by atoms with Crippen LogP contribution < -0.4 is 0 Å². The Kier molecular flexibility index (Phi) is 3.87. The number of hydrogen-bond acceptors (Lipinski definition) is 2. The average Bonchev–Trinajstić information content (AvgIpc) is 2.99. The highest BCUT2D eigenvalue weighted by Crippen LogP contribution is 2.66. The molecule has 1 aromatic rings. The first-order valence-corrected chi connectivity index (χ1v) is 10.9. The van der Waals surface area contributed by atoms with E-state index in [1.807, 2.05) is 6.20 Å². The lowest BCUT2D eigenvalue weighted by molar-refractivity contribution is -0.110. The third kappa shape index (κ3) is 2.24. The molecule has 2 heteroatoms. The lowest BCUT2D eigenvalue weighted by Crippen LogP contribution is -2.59. The zero-order valence-electron chi connectivity index (χ0n) is 16.7. The number of hydrogen-bond donors (Lipinski definition) is 0. The van der Waals surface area contributed by atoms with Crippen LogP contribution in [0, 0.1) is 28.6 Å². The van der Waals surface area contributed by atoms with E-state index in [-0.39, 0.29) is 0 Å². The molecule has 0 amide bonds. The molecule has 2 saturated carbocycles. The maximum atomic E-state index is 4.41. The van der Waals surface area contributed by atoms with Crippen LogP contribution in [0.2, 0.25) is 0 Å². The van der Waals surface area contributed by atoms with Gasteiger partial charge in [0.15, 0.2) is 0 Å². The van der Waals surface area contributed by atoms with Crippen LogP contribution in [0.25, 0.3) is 5.57 Å². The van der Waals surface area contributed by atoms with Crippen molar-refractivity contribution in [2.75, 3.05) is 13.6 Å². The minimum absolute atomic E-state index is 0.369. The van der Waals surface area contributed by atoms with Crippen molar-refractivity contribution in [3.05, 3.63) is 36.2 Å².